The number of nitrogens with one attached hydrogen (secondary N) is 1. The van der Waals surface area contributed by atoms with Crippen molar-refractivity contribution >= 4 is 33.6 Å². The Morgan fingerprint density at radius 1 is 0.939 bits per heavy atom. The second-order valence-corrected chi connectivity index (χ2v) is 9.04. The number of imide groups is 1. The van der Waals surface area contributed by atoms with Crippen LogP contribution in [-0.4, -0.2) is 37.8 Å². The first kappa shape index (κ1) is 22.2. The molecule has 4 amide bonds. The van der Waals surface area contributed by atoms with E-state index >= 15 is 0 Å². The van der Waals surface area contributed by atoms with Crippen LogP contribution in [0.1, 0.15) is 26.3 Å². The molecule has 33 heavy (non-hydrogen) atoms. The number of rotatable bonds is 5. The summed E-state index contributed by atoms with van der Waals surface area (Å²) in [5.41, 5.74) is 1.11. The molecule has 0 aliphatic carbocycles. The highest BCUT2D eigenvalue weighted by Crippen LogP contribution is 2.25. The number of halogens is 1. The lowest BCUT2D eigenvalue weighted by Gasteiger charge is -2.27. The fourth-order valence-electron chi connectivity index (χ4n) is 3.36. The van der Waals surface area contributed by atoms with Crippen molar-refractivity contribution < 1.29 is 27.2 Å². The zero-order valence-corrected chi connectivity index (χ0v) is 18.2. The van der Waals surface area contributed by atoms with Gasteiger partial charge in [0.1, 0.15) is 12.5 Å². The summed E-state index contributed by atoms with van der Waals surface area (Å²) in [6.45, 7) is 1.16. The molecule has 0 fully saturated rings. The van der Waals surface area contributed by atoms with Crippen LogP contribution < -0.4 is 9.62 Å². The normalized spacial score (nSPS) is 13.1. The van der Waals surface area contributed by atoms with Crippen LogP contribution in [0.15, 0.2) is 77.7 Å². The summed E-state index contributed by atoms with van der Waals surface area (Å²) >= 11 is 0. The number of benzene rings is 3. The summed E-state index contributed by atoms with van der Waals surface area (Å²) < 4.78 is 41.3. The van der Waals surface area contributed by atoms with Gasteiger partial charge in [-0.25, -0.2) is 22.3 Å². The molecule has 0 bridgehead atoms. The summed E-state index contributed by atoms with van der Waals surface area (Å²) in [6.07, 6.45) is 0. The first-order valence-electron chi connectivity index (χ1n) is 9.79. The Morgan fingerprint density at radius 2 is 1.55 bits per heavy atom. The third-order valence-electron chi connectivity index (χ3n) is 5.08. The van der Waals surface area contributed by atoms with E-state index in [1.165, 1.54) is 36.4 Å². The van der Waals surface area contributed by atoms with Gasteiger partial charge in [0.05, 0.1) is 21.7 Å². The molecule has 0 atom stereocenters. The number of amides is 4. The van der Waals surface area contributed by atoms with Crippen LogP contribution >= 0.6 is 0 Å². The van der Waals surface area contributed by atoms with Crippen LogP contribution in [0, 0.1) is 12.7 Å². The molecule has 0 aromatic heterocycles. The molecule has 1 heterocycles. The van der Waals surface area contributed by atoms with Crippen LogP contribution in [0.4, 0.5) is 14.9 Å². The Kier molecular flexibility index (Phi) is 5.69. The molecular formula is C23H18FN3O5S. The van der Waals surface area contributed by atoms with Gasteiger partial charge >= 0.3 is 6.03 Å². The Morgan fingerprint density at radius 3 is 2.12 bits per heavy atom. The zero-order chi connectivity index (χ0) is 23.8. The number of carbonyl (C=O) groups is 3. The van der Waals surface area contributed by atoms with Crippen molar-refractivity contribution in [2.45, 2.75) is 11.8 Å². The van der Waals surface area contributed by atoms with E-state index in [1.807, 2.05) is 4.72 Å². The minimum atomic E-state index is -4.28. The maximum absolute atomic E-state index is 13.9. The molecule has 1 N–H and O–H groups in total. The number of fused-ring (bicyclic) bond motifs is 1. The molecular weight excluding hydrogens is 449 g/mol. The van der Waals surface area contributed by atoms with Crippen LogP contribution in [0.3, 0.4) is 0 Å². The van der Waals surface area contributed by atoms with Crippen LogP contribution in [0.25, 0.3) is 0 Å². The molecule has 4 rings (SSSR count). The number of aryl methyl sites for hydroxylation is 1. The van der Waals surface area contributed by atoms with Gasteiger partial charge in [-0.2, -0.15) is 0 Å². The maximum atomic E-state index is 13.9. The molecule has 0 radical (unpaired) electrons. The van der Waals surface area contributed by atoms with Crippen molar-refractivity contribution in [1.82, 2.24) is 9.62 Å². The van der Waals surface area contributed by atoms with E-state index in [1.54, 1.807) is 31.2 Å². The summed E-state index contributed by atoms with van der Waals surface area (Å²) in [5.74, 6) is -1.98. The summed E-state index contributed by atoms with van der Waals surface area (Å²) in [6, 6.07) is 15.6. The van der Waals surface area contributed by atoms with Crippen molar-refractivity contribution in [1.29, 1.82) is 0 Å². The number of nitrogens with zero attached hydrogens (tertiary/aromatic N) is 2. The summed E-state index contributed by atoms with van der Waals surface area (Å²) in [4.78, 5) is 40.0. The van der Waals surface area contributed by atoms with Crippen LogP contribution in [-0.2, 0) is 10.0 Å². The summed E-state index contributed by atoms with van der Waals surface area (Å²) in [5, 5.41) is 0. The van der Waals surface area contributed by atoms with Gasteiger partial charge in [0.2, 0.25) is 0 Å². The number of hydrogen-bond acceptors (Lipinski definition) is 5. The third kappa shape index (κ3) is 4.33. The number of urea groups is 1. The largest absolute Gasteiger partial charge is 0.337 e. The highest BCUT2D eigenvalue weighted by atomic mass is 32.2. The molecule has 1 aliphatic rings. The highest BCUT2D eigenvalue weighted by Gasteiger charge is 2.37. The Bertz CT molecular complexity index is 1340. The van der Waals surface area contributed by atoms with Gasteiger partial charge in [-0.05, 0) is 49.4 Å². The van der Waals surface area contributed by atoms with E-state index in [4.69, 9.17) is 0 Å². The molecule has 3 aromatic rings. The first-order valence-corrected chi connectivity index (χ1v) is 11.3. The van der Waals surface area contributed by atoms with Gasteiger partial charge in [-0.15, -0.1) is 0 Å². The second-order valence-electron chi connectivity index (χ2n) is 7.36. The first-order chi connectivity index (χ1) is 15.7. The molecule has 1 aliphatic heterocycles. The lowest BCUT2D eigenvalue weighted by Crippen LogP contribution is -2.49. The molecule has 0 saturated heterocycles. The smallest absolute Gasteiger partial charge is 0.275 e. The second kappa shape index (κ2) is 8.47. The maximum Gasteiger partial charge on any atom is 0.337 e. The lowest BCUT2D eigenvalue weighted by atomic mass is 10.1. The SMILES string of the molecule is Cc1ccc(S(=O)(=O)NC(=O)N(CN2C(=O)c3ccccc3C2=O)c2cccc(F)c2)cc1. The standard InChI is InChI=1S/C23H18FN3O5S/c1-15-9-11-18(12-10-15)33(31,32)25-23(30)26(17-6-4-5-16(24)13-17)14-27-21(28)19-7-2-3-8-20(19)22(27)29/h2-13H,14H2,1H3,(H,25,30). The quantitative estimate of drug-likeness (QED) is 0.580. The van der Waals surface area contributed by atoms with Gasteiger partial charge in [0, 0.05) is 0 Å². The Labute approximate surface area is 189 Å². The predicted octanol–water partition coefficient (Wildman–Crippen LogP) is 3.29. The summed E-state index contributed by atoms with van der Waals surface area (Å²) in [7, 11) is -4.28. The van der Waals surface area contributed by atoms with Crippen molar-refractivity contribution in [3.63, 3.8) is 0 Å². The molecule has 168 valence electrons. The van der Waals surface area contributed by atoms with Gasteiger partial charge < -0.3 is 0 Å². The van der Waals surface area contributed by atoms with Gasteiger partial charge in [-0.3, -0.25) is 19.4 Å². The van der Waals surface area contributed by atoms with Crippen LogP contribution in [0.5, 0.6) is 0 Å². The van der Waals surface area contributed by atoms with Crippen molar-refractivity contribution in [3.05, 3.63) is 95.3 Å². The minimum absolute atomic E-state index is 0.0387. The number of carbonyl (C=O) groups excluding carboxylic acids is 3. The average Bonchev–Trinajstić information content (AvgIpc) is 3.02. The highest BCUT2D eigenvalue weighted by molar-refractivity contribution is 7.90. The number of sulfonamides is 1. The monoisotopic (exact) mass is 467 g/mol. The van der Waals surface area contributed by atoms with Crippen LogP contribution in [0.2, 0.25) is 0 Å². The predicted molar refractivity (Wildman–Crippen MR) is 118 cm³/mol. The van der Waals surface area contributed by atoms with Crippen molar-refractivity contribution in [2.24, 2.45) is 0 Å². The van der Waals surface area contributed by atoms with E-state index < -0.39 is 40.4 Å². The lowest BCUT2D eigenvalue weighted by molar-refractivity contribution is 0.0657. The van der Waals surface area contributed by atoms with Gasteiger partial charge in [0.25, 0.3) is 21.8 Å². The minimum Gasteiger partial charge on any atom is -0.275 e. The van der Waals surface area contributed by atoms with E-state index in [2.05, 4.69) is 0 Å². The average molecular weight is 467 g/mol. The van der Waals surface area contributed by atoms with E-state index in [-0.39, 0.29) is 21.7 Å². The van der Waals surface area contributed by atoms with E-state index in [0.717, 1.165) is 27.5 Å². The van der Waals surface area contributed by atoms with E-state index in [0.29, 0.717) is 0 Å². The number of anilines is 1. The van der Waals surface area contributed by atoms with Gasteiger partial charge in [-0.1, -0.05) is 35.9 Å². The Balaban J connectivity index is 1.66. The fraction of sp³-hybridized carbons (Fsp3) is 0.0870. The Hall–Kier alpha value is -4.05. The molecule has 8 nitrogen and oxygen atoms in total. The topological polar surface area (TPSA) is 104 Å². The third-order valence-corrected chi connectivity index (χ3v) is 6.42. The van der Waals surface area contributed by atoms with Crippen molar-refractivity contribution in [2.75, 3.05) is 11.6 Å². The molecule has 0 saturated carbocycles. The van der Waals surface area contributed by atoms with Gasteiger partial charge in [0.15, 0.2) is 0 Å². The molecule has 0 unspecified atom stereocenters. The van der Waals surface area contributed by atoms with E-state index in [9.17, 15) is 27.2 Å². The zero-order valence-electron chi connectivity index (χ0n) is 17.4. The molecule has 0 spiro atoms. The fourth-order valence-corrected chi connectivity index (χ4v) is 4.31. The molecule has 10 heteroatoms. The number of hydrogen-bond donors (Lipinski definition) is 1. The molecule has 3 aromatic carbocycles. The van der Waals surface area contributed by atoms with Crippen molar-refractivity contribution in [3.8, 4) is 0 Å².